The van der Waals surface area contributed by atoms with Crippen LogP contribution in [-0.4, -0.2) is 58.0 Å². The van der Waals surface area contributed by atoms with Gasteiger partial charge in [0.2, 0.25) is 5.88 Å². The number of aryl methyl sites for hydroxylation is 1. The Morgan fingerprint density at radius 2 is 2.15 bits per heavy atom. The first-order valence-corrected chi connectivity index (χ1v) is 9.89. The number of methoxy groups -OCH3 is 1. The lowest BCUT2D eigenvalue weighted by atomic mass is 10.0. The molecular weight excluding hydrogens is 348 g/mol. The number of carbonyl (C=O) groups excluding carboxylic acids is 1. The van der Waals surface area contributed by atoms with Gasteiger partial charge in [-0.2, -0.15) is 0 Å². The van der Waals surface area contributed by atoms with Crippen LogP contribution in [0.3, 0.4) is 0 Å². The molecule has 140 valence electrons. The fourth-order valence-corrected chi connectivity index (χ4v) is 4.07. The Morgan fingerprint density at radius 1 is 1.35 bits per heavy atom. The molecule has 2 aromatic rings. The molecule has 2 aromatic heterocycles. The van der Waals surface area contributed by atoms with E-state index >= 15 is 0 Å². The van der Waals surface area contributed by atoms with Gasteiger partial charge in [-0.25, -0.2) is 9.97 Å². The van der Waals surface area contributed by atoms with Crippen LogP contribution >= 0.6 is 11.3 Å². The summed E-state index contributed by atoms with van der Waals surface area (Å²) < 4.78 is 5.14. The summed E-state index contributed by atoms with van der Waals surface area (Å²) in [6.45, 7) is 8.83. The highest BCUT2D eigenvalue weighted by Gasteiger charge is 2.34. The number of hydrogen-bond donors (Lipinski definition) is 0. The molecule has 26 heavy (non-hydrogen) atoms. The molecular formula is C19H26N4O2S. The van der Waals surface area contributed by atoms with Crippen molar-refractivity contribution in [2.75, 3.05) is 20.2 Å². The zero-order chi connectivity index (χ0) is 18.7. The lowest BCUT2D eigenvalue weighted by Crippen LogP contribution is -2.58. The molecule has 1 saturated heterocycles. The Bertz CT molecular complexity index is 764. The second-order valence-electron chi connectivity index (χ2n) is 6.62. The van der Waals surface area contributed by atoms with E-state index in [1.807, 2.05) is 4.90 Å². The van der Waals surface area contributed by atoms with E-state index in [4.69, 9.17) is 4.74 Å². The molecule has 0 spiro atoms. The molecule has 1 aliphatic rings. The second-order valence-corrected chi connectivity index (χ2v) is 7.57. The Balaban J connectivity index is 1.68. The van der Waals surface area contributed by atoms with Crippen molar-refractivity contribution in [3.63, 3.8) is 0 Å². The van der Waals surface area contributed by atoms with E-state index < -0.39 is 0 Å². The zero-order valence-corrected chi connectivity index (χ0v) is 16.6. The van der Waals surface area contributed by atoms with Gasteiger partial charge in [0.05, 0.1) is 17.8 Å². The molecule has 7 heteroatoms. The highest BCUT2D eigenvalue weighted by atomic mass is 32.1. The Labute approximate surface area is 158 Å². The number of aromatic nitrogens is 2. The number of ether oxygens (including phenoxy) is 1. The van der Waals surface area contributed by atoms with Crippen molar-refractivity contribution >= 4 is 17.2 Å². The maximum Gasteiger partial charge on any atom is 0.254 e. The van der Waals surface area contributed by atoms with Crippen molar-refractivity contribution in [3.8, 4) is 5.88 Å². The van der Waals surface area contributed by atoms with Crippen molar-refractivity contribution in [2.24, 2.45) is 0 Å². The SMILES string of the molecule is CCc1nc(CN2CCN(C(=O)c3ccnc(OC)c3)[C@H](C)[C@H]2C)cs1. The molecule has 0 unspecified atom stereocenters. The van der Waals surface area contributed by atoms with E-state index in [2.05, 4.69) is 41.0 Å². The number of carbonyl (C=O) groups is 1. The molecule has 0 saturated carbocycles. The molecule has 1 amide bonds. The fraction of sp³-hybridized carbons (Fsp3) is 0.526. The minimum absolute atomic E-state index is 0.0339. The fourth-order valence-electron chi connectivity index (χ4n) is 3.33. The third-order valence-corrected chi connectivity index (χ3v) is 6.15. The van der Waals surface area contributed by atoms with Crippen molar-refractivity contribution in [1.82, 2.24) is 19.8 Å². The molecule has 6 nitrogen and oxygen atoms in total. The molecule has 0 N–H and O–H groups in total. The maximum atomic E-state index is 12.9. The van der Waals surface area contributed by atoms with Gasteiger partial charge in [0, 0.05) is 54.9 Å². The third-order valence-electron chi connectivity index (χ3n) is 5.11. The molecule has 0 aliphatic carbocycles. The minimum Gasteiger partial charge on any atom is -0.481 e. The van der Waals surface area contributed by atoms with Crippen LogP contribution in [0.2, 0.25) is 0 Å². The van der Waals surface area contributed by atoms with Gasteiger partial charge < -0.3 is 9.64 Å². The van der Waals surface area contributed by atoms with Crippen LogP contribution < -0.4 is 4.74 Å². The predicted molar refractivity (Wildman–Crippen MR) is 103 cm³/mol. The first-order chi connectivity index (χ1) is 12.5. The second kappa shape index (κ2) is 8.14. The molecule has 1 fully saturated rings. The van der Waals surface area contributed by atoms with E-state index in [1.165, 1.54) is 5.01 Å². The van der Waals surface area contributed by atoms with Crippen molar-refractivity contribution < 1.29 is 9.53 Å². The summed E-state index contributed by atoms with van der Waals surface area (Å²) in [5.41, 5.74) is 1.75. The number of pyridine rings is 1. The van der Waals surface area contributed by atoms with Gasteiger partial charge in [0.1, 0.15) is 0 Å². The van der Waals surface area contributed by atoms with Gasteiger partial charge in [0.25, 0.3) is 5.91 Å². The van der Waals surface area contributed by atoms with Crippen LogP contribution in [0.1, 0.15) is 41.8 Å². The number of piperazine rings is 1. The standard InChI is InChI=1S/C19H26N4O2S/c1-5-18-21-16(12-26-18)11-22-8-9-23(14(3)13(22)2)19(24)15-6-7-20-17(10-15)25-4/h6-7,10,12-14H,5,8-9,11H2,1-4H3/t13-,14-/m1/s1. The van der Waals surface area contributed by atoms with Crippen LogP contribution in [0.5, 0.6) is 5.88 Å². The highest BCUT2D eigenvalue weighted by molar-refractivity contribution is 7.09. The molecule has 1 aliphatic heterocycles. The van der Waals surface area contributed by atoms with E-state index in [1.54, 1.807) is 36.8 Å². The van der Waals surface area contributed by atoms with E-state index in [0.29, 0.717) is 18.0 Å². The van der Waals surface area contributed by atoms with Gasteiger partial charge in [-0.1, -0.05) is 6.92 Å². The normalized spacial score (nSPS) is 21.0. The molecule has 2 atom stereocenters. The predicted octanol–water partition coefficient (Wildman–Crippen LogP) is 2.84. The smallest absolute Gasteiger partial charge is 0.254 e. The summed E-state index contributed by atoms with van der Waals surface area (Å²) in [7, 11) is 1.56. The molecule has 0 radical (unpaired) electrons. The summed E-state index contributed by atoms with van der Waals surface area (Å²) in [6, 6.07) is 3.84. The first-order valence-electron chi connectivity index (χ1n) is 9.01. The Kier molecular flexibility index (Phi) is 5.88. The summed E-state index contributed by atoms with van der Waals surface area (Å²) in [6.07, 6.45) is 2.60. The summed E-state index contributed by atoms with van der Waals surface area (Å²) >= 11 is 1.73. The Hall–Kier alpha value is -1.99. The third kappa shape index (κ3) is 3.88. The monoisotopic (exact) mass is 374 g/mol. The van der Waals surface area contributed by atoms with Gasteiger partial charge in [-0.15, -0.1) is 11.3 Å². The summed E-state index contributed by atoms with van der Waals surface area (Å²) in [5.74, 6) is 0.497. The lowest BCUT2D eigenvalue weighted by molar-refractivity contribution is 0.0246. The average Bonchev–Trinajstić information content (AvgIpc) is 3.13. The van der Waals surface area contributed by atoms with Gasteiger partial charge >= 0.3 is 0 Å². The lowest BCUT2D eigenvalue weighted by Gasteiger charge is -2.44. The van der Waals surface area contributed by atoms with Crippen molar-refractivity contribution in [1.29, 1.82) is 0 Å². The average molecular weight is 375 g/mol. The van der Waals surface area contributed by atoms with E-state index in [0.717, 1.165) is 25.2 Å². The Morgan fingerprint density at radius 3 is 2.85 bits per heavy atom. The topological polar surface area (TPSA) is 58.6 Å². The van der Waals surface area contributed by atoms with Crippen LogP contribution in [0.25, 0.3) is 0 Å². The zero-order valence-electron chi connectivity index (χ0n) is 15.8. The number of nitrogens with zero attached hydrogens (tertiary/aromatic N) is 4. The van der Waals surface area contributed by atoms with Crippen molar-refractivity contribution in [3.05, 3.63) is 40.0 Å². The largest absolute Gasteiger partial charge is 0.481 e. The number of amides is 1. The summed E-state index contributed by atoms with van der Waals surface area (Å²) in [5, 5.41) is 3.33. The van der Waals surface area contributed by atoms with Crippen LogP contribution in [0.15, 0.2) is 23.7 Å². The number of thiazole rings is 1. The highest BCUT2D eigenvalue weighted by Crippen LogP contribution is 2.23. The van der Waals surface area contributed by atoms with Crippen molar-refractivity contribution in [2.45, 2.75) is 45.8 Å². The van der Waals surface area contributed by atoms with Gasteiger partial charge in [-0.3, -0.25) is 9.69 Å². The van der Waals surface area contributed by atoms with Crippen LogP contribution in [0, 0.1) is 0 Å². The minimum atomic E-state index is 0.0339. The van der Waals surface area contributed by atoms with Crippen LogP contribution in [-0.2, 0) is 13.0 Å². The number of hydrogen-bond acceptors (Lipinski definition) is 6. The quantitative estimate of drug-likeness (QED) is 0.805. The van der Waals surface area contributed by atoms with E-state index in [9.17, 15) is 4.79 Å². The summed E-state index contributed by atoms with van der Waals surface area (Å²) in [4.78, 5) is 26.1. The van der Waals surface area contributed by atoms with Gasteiger partial charge in [-0.05, 0) is 26.3 Å². The van der Waals surface area contributed by atoms with Crippen LogP contribution in [0.4, 0.5) is 0 Å². The maximum absolute atomic E-state index is 12.9. The number of rotatable bonds is 5. The molecule has 3 rings (SSSR count). The molecule has 3 heterocycles. The van der Waals surface area contributed by atoms with E-state index in [-0.39, 0.29) is 18.0 Å². The first kappa shape index (κ1) is 18.8. The molecule has 0 aromatic carbocycles. The van der Waals surface area contributed by atoms with Gasteiger partial charge in [0.15, 0.2) is 0 Å². The molecule has 0 bridgehead atoms.